The van der Waals surface area contributed by atoms with Crippen LogP contribution in [0.1, 0.15) is 0 Å². The predicted octanol–water partition coefficient (Wildman–Crippen LogP) is 1.42. The molecule has 1 saturated heterocycles. The third-order valence-electron chi connectivity index (χ3n) is 3.60. The van der Waals surface area contributed by atoms with E-state index in [2.05, 4.69) is 0 Å². The molecule has 0 unspecified atom stereocenters. The number of carbonyl (C=O) groups is 1. The second kappa shape index (κ2) is 5.54. The first-order valence-electron chi connectivity index (χ1n) is 6.78. The average molecular weight is 274 g/mol. The lowest BCUT2D eigenvalue weighted by Crippen LogP contribution is -2.42. The molecule has 0 aliphatic carbocycles. The summed E-state index contributed by atoms with van der Waals surface area (Å²) in [5.74, 6) is 0.769. The van der Waals surface area contributed by atoms with Gasteiger partial charge in [-0.1, -0.05) is 6.07 Å². The molecule has 2 aromatic rings. The maximum atomic E-state index is 12.1. The van der Waals surface area contributed by atoms with Gasteiger partial charge in [0.15, 0.2) is 6.61 Å². The zero-order chi connectivity index (χ0) is 13.9. The molecular weight excluding hydrogens is 256 g/mol. The van der Waals surface area contributed by atoms with Gasteiger partial charge in [-0.25, -0.2) is 0 Å². The fourth-order valence-corrected chi connectivity index (χ4v) is 2.44. The van der Waals surface area contributed by atoms with Crippen molar-refractivity contribution in [2.75, 3.05) is 32.9 Å². The first-order chi connectivity index (χ1) is 9.75. The predicted molar refractivity (Wildman–Crippen MR) is 75.8 cm³/mol. The summed E-state index contributed by atoms with van der Waals surface area (Å²) in [5, 5.41) is 1.03. The first-order valence-corrected chi connectivity index (χ1v) is 6.78. The van der Waals surface area contributed by atoms with E-state index in [1.165, 1.54) is 0 Å². The minimum atomic E-state index is 0.0150. The molecule has 20 heavy (non-hydrogen) atoms. The van der Waals surface area contributed by atoms with E-state index < -0.39 is 0 Å². The molecule has 1 amide bonds. The van der Waals surface area contributed by atoms with Crippen molar-refractivity contribution in [1.82, 2.24) is 9.47 Å². The second-order valence-electron chi connectivity index (χ2n) is 4.90. The molecule has 0 N–H and O–H groups in total. The molecule has 0 saturated carbocycles. The van der Waals surface area contributed by atoms with Gasteiger partial charge in [0.05, 0.1) is 18.7 Å². The van der Waals surface area contributed by atoms with Crippen molar-refractivity contribution in [2.24, 2.45) is 7.05 Å². The Hall–Kier alpha value is -2.01. The number of nitrogens with zero attached hydrogens (tertiary/aromatic N) is 2. The van der Waals surface area contributed by atoms with Crippen LogP contribution < -0.4 is 4.74 Å². The van der Waals surface area contributed by atoms with Gasteiger partial charge in [-0.05, 0) is 18.2 Å². The highest BCUT2D eigenvalue weighted by Crippen LogP contribution is 2.25. The third kappa shape index (κ3) is 2.49. The fourth-order valence-electron chi connectivity index (χ4n) is 2.44. The fraction of sp³-hybridized carbons (Fsp3) is 0.400. The molecule has 1 aliphatic rings. The summed E-state index contributed by atoms with van der Waals surface area (Å²) in [5.41, 5.74) is 1.10. The number of aryl methyl sites for hydroxylation is 1. The lowest BCUT2D eigenvalue weighted by atomic mass is 10.2. The Morgan fingerprint density at radius 1 is 1.30 bits per heavy atom. The molecule has 5 heteroatoms. The average Bonchev–Trinajstić information content (AvgIpc) is 2.88. The van der Waals surface area contributed by atoms with Crippen molar-refractivity contribution in [3.63, 3.8) is 0 Å². The van der Waals surface area contributed by atoms with Gasteiger partial charge in [0, 0.05) is 31.7 Å². The van der Waals surface area contributed by atoms with E-state index in [-0.39, 0.29) is 12.5 Å². The molecule has 1 aromatic carbocycles. The van der Waals surface area contributed by atoms with E-state index in [1.54, 1.807) is 4.90 Å². The lowest BCUT2D eigenvalue weighted by molar-refractivity contribution is -0.137. The first kappa shape index (κ1) is 13.0. The van der Waals surface area contributed by atoms with E-state index in [0.717, 1.165) is 16.7 Å². The van der Waals surface area contributed by atoms with Gasteiger partial charge in [0.25, 0.3) is 5.91 Å². The number of carbonyl (C=O) groups excluding carboxylic acids is 1. The molecule has 0 atom stereocenters. The molecule has 3 rings (SSSR count). The number of amides is 1. The summed E-state index contributed by atoms with van der Waals surface area (Å²) in [6, 6.07) is 7.88. The van der Waals surface area contributed by atoms with Crippen molar-refractivity contribution < 1.29 is 14.3 Å². The van der Waals surface area contributed by atoms with Crippen LogP contribution in [0, 0.1) is 0 Å². The number of morpholine rings is 1. The van der Waals surface area contributed by atoms with E-state index in [4.69, 9.17) is 9.47 Å². The normalized spacial score (nSPS) is 15.6. The number of aromatic nitrogens is 1. The van der Waals surface area contributed by atoms with E-state index in [0.29, 0.717) is 26.3 Å². The van der Waals surface area contributed by atoms with Crippen molar-refractivity contribution >= 4 is 16.8 Å². The number of rotatable bonds is 3. The monoisotopic (exact) mass is 274 g/mol. The largest absolute Gasteiger partial charge is 0.483 e. The Morgan fingerprint density at radius 3 is 2.90 bits per heavy atom. The van der Waals surface area contributed by atoms with Crippen molar-refractivity contribution in [3.8, 4) is 5.75 Å². The van der Waals surface area contributed by atoms with Crippen LogP contribution in [0.5, 0.6) is 5.75 Å². The molecule has 0 spiro atoms. The van der Waals surface area contributed by atoms with Gasteiger partial charge in [-0.2, -0.15) is 0 Å². The van der Waals surface area contributed by atoms with Crippen molar-refractivity contribution in [2.45, 2.75) is 0 Å². The highest BCUT2D eigenvalue weighted by atomic mass is 16.5. The van der Waals surface area contributed by atoms with Gasteiger partial charge in [-0.15, -0.1) is 0 Å². The molecule has 0 bridgehead atoms. The van der Waals surface area contributed by atoms with E-state index in [9.17, 15) is 4.79 Å². The smallest absolute Gasteiger partial charge is 0.260 e. The van der Waals surface area contributed by atoms with E-state index >= 15 is 0 Å². The molecule has 5 nitrogen and oxygen atoms in total. The van der Waals surface area contributed by atoms with Gasteiger partial charge < -0.3 is 18.9 Å². The van der Waals surface area contributed by atoms with Crippen molar-refractivity contribution in [3.05, 3.63) is 30.5 Å². The van der Waals surface area contributed by atoms with Crippen LogP contribution >= 0.6 is 0 Å². The second-order valence-corrected chi connectivity index (χ2v) is 4.90. The number of fused-ring (bicyclic) bond motifs is 1. The summed E-state index contributed by atoms with van der Waals surface area (Å²) in [6.07, 6.45) is 1.99. The SMILES string of the molecule is Cn1ccc2c(OCC(=O)N3CCOCC3)cccc21. The maximum absolute atomic E-state index is 12.1. The van der Waals surface area contributed by atoms with E-state index in [1.807, 2.05) is 42.1 Å². The van der Waals surface area contributed by atoms with Gasteiger partial charge in [0.2, 0.25) is 0 Å². The Balaban J connectivity index is 1.69. The van der Waals surface area contributed by atoms with Gasteiger partial charge in [-0.3, -0.25) is 4.79 Å². The molecule has 106 valence electrons. The Labute approximate surface area is 117 Å². The zero-order valence-corrected chi connectivity index (χ0v) is 11.5. The summed E-state index contributed by atoms with van der Waals surface area (Å²) >= 11 is 0. The van der Waals surface area contributed by atoms with Gasteiger partial charge >= 0.3 is 0 Å². The van der Waals surface area contributed by atoms with Crippen LogP contribution in [-0.2, 0) is 16.6 Å². The van der Waals surface area contributed by atoms with Crippen molar-refractivity contribution in [1.29, 1.82) is 0 Å². The summed E-state index contributed by atoms with van der Waals surface area (Å²) in [7, 11) is 1.99. The minimum absolute atomic E-state index is 0.0150. The third-order valence-corrected chi connectivity index (χ3v) is 3.60. The standard InChI is InChI=1S/C15H18N2O3/c1-16-6-5-12-13(16)3-2-4-14(12)20-11-15(18)17-7-9-19-10-8-17/h2-6H,7-11H2,1H3. The van der Waals surface area contributed by atoms with Crippen LogP contribution in [0.25, 0.3) is 10.9 Å². The summed E-state index contributed by atoms with van der Waals surface area (Å²) in [6.45, 7) is 2.60. The van der Waals surface area contributed by atoms with Crippen LogP contribution in [0.4, 0.5) is 0 Å². The molecule has 0 radical (unpaired) electrons. The number of benzene rings is 1. The molecule has 1 fully saturated rings. The molecular formula is C15H18N2O3. The topological polar surface area (TPSA) is 43.7 Å². The molecule has 1 aliphatic heterocycles. The molecule has 1 aromatic heterocycles. The summed E-state index contributed by atoms with van der Waals surface area (Å²) in [4.78, 5) is 13.8. The summed E-state index contributed by atoms with van der Waals surface area (Å²) < 4.78 is 13.0. The van der Waals surface area contributed by atoms with Gasteiger partial charge in [0.1, 0.15) is 5.75 Å². The Morgan fingerprint density at radius 2 is 2.10 bits per heavy atom. The lowest BCUT2D eigenvalue weighted by Gasteiger charge is -2.26. The highest BCUT2D eigenvalue weighted by Gasteiger charge is 2.17. The molecule has 2 heterocycles. The van der Waals surface area contributed by atoms with Crippen LogP contribution in [0.2, 0.25) is 0 Å². The minimum Gasteiger partial charge on any atom is -0.483 e. The number of hydrogen-bond acceptors (Lipinski definition) is 3. The maximum Gasteiger partial charge on any atom is 0.260 e. The van der Waals surface area contributed by atoms with Crippen LogP contribution in [0.3, 0.4) is 0 Å². The number of ether oxygens (including phenoxy) is 2. The van der Waals surface area contributed by atoms with Crippen LogP contribution in [-0.4, -0.2) is 48.3 Å². The zero-order valence-electron chi connectivity index (χ0n) is 11.5. The quantitative estimate of drug-likeness (QED) is 0.850. The Kier molecular flexibility index (Phi) is 3.60. The number of hydrogen-bond donors (Lipinski definition) is 0. The Bertz CT molecular complexity index is 615. The van der Waals surface area contributed by atoms with Crippen LogP contribution in [0.15, 0.2) is 30.5 Å². The highest BCUT2D eigenvalue weighted by molar-refractivity contribution is 5.87.